The van der Waals surface area contributed by atoms with Crippen LogP contribution < -0.4 is 10.6 Å². The third kappa shape index (κ3) is 8.72. The van der Waals surface area contributed by atoms with Gasteiger partial charge >= 0.3 is 0 Å². The van der Waals surface area contributed by atoms with Gasteiger partial charge in [0.2, 0.25) is 5.91 Å². The Morgan fingerprint density at radius 1 is 1.36 bits per heavy atom. The Morgan fingerprint density at radius 3 is 2.92 bits per heavy atom. The highest BCUT2D eigenvalue weighted by Gasteiger charge is 2.15. The highest BCUT2D eigenvalue weighted by molar-refractivity contribution is 14.0. The Bertz CT molecular complexity index is 553. The molecule has 0 spiro atoms. The molecule has 1 saturated heterocycles. The molecule has 2 rings (SSSR count). The van der Waals surface area contributed by atoms with E-state index in [0.29, 0.717) is 18.9 Å². The number of likely N-dealkylation sites (tertiary alicyclic amines) is 1. The molecule has 2 heterocycles. The van der Waals surface area contributed by atoms with Crippen LogP contribution in [0.4, 0.5) is 0 Å². The van der Waals surface area contributed by atoms with Crippen molar-refractivity contribution in [2.75, 3.05) is 26.2 Å². The highest BCUT2D eigenvalue weighted by Crippen LogP contribution is 2.20. The molecule has 0 bridgehead atoms. The summed E-state index contributed by atoms with van der Waals surface area (Å²) in [5.74, 6) is 1.15. The van der Waals surface area contributed by atoms with Crippen LogP contribution in [0, 0.1) is 0 Å². The number of rotatable bonds is 7. The van der Waals surface area contributed by atoms with Crippen LogP contribution in [0.1, 0.15) is 43.9 Å². The molecule has 0 aliphatic carbocycles. The van der Waals surface area contributed by atoms with E-state index < -0.39 is 0 Å². The Balaban J connectivity index is 0.00000312. The number of carbonyl (C=O) groups is 1. The van der Waals surface area contributed by atoms with Crippen LogP contribution in [0.3, 0.4) is 0 Å². The van der Waals surface area contributed by atoms with E-state index in [1.54, 1.807) is 11.3 Å². The minimum absolute atomic E-state index is 0. The first kappa shape index (κ1) is 22.7. The van der Waals surface area contributed by atoms with Crippen LogP contribution in [-0.4, -0.2) is 42.9 Å². The van der Waals surface area contributed by atoms with Crippen LogP contribution >= 0.6 is 51.2 Å². The topological polar surface area (TPSA) is 56.7 Å². The predicted octanol–water partition coefficient (Wildman–Crippen LogP) is 3.98. The van der Waals surface area contributed by atoms with Crippen molar-refractivity contribution >= 4 is 63.1 Å². The van der Waals surface area contributed by atoms with Crippen LogP contribution in [0.15, 0.2) is 20.9 Å². The van der Waals surface area contributed by atoms with Gasteiger partial charge in [-0.2, -0.15) is 0 Å². The minimum atomic E-state index is 0. The second-order valence-electron chi connectivity index (χ2n) is 5.90. The molecule has 0 atom stereocenters. The average molecular weight is 543 g/mol. The lowest BCUT2D eigenvalue weighted by Crippen LogP contribution is -2.39. The molecule has 8 heteroatoms. The monoisotopic (exact) mass is 542 g/mol. The van der Waals surface area contributed by atoms with E-state index in [4.69, 9.17) is 0 Å². The molecule has 1 amide bonds. The molecule has 5 nitrogen and oxygen atoms in total. The smallest absolute Gasteiger partial charge is 0.222 e. The van der Waals surface area contributed by atoms with Crippen molar-refractivity contribution in [3.63, 3.8) is 0 Å². The van der Waals surface area contributed by atoms with Crippen molar-refractivity contribution in [3.8, 4) is 0 Å². The van der Waals surface area contributed by atoms with Gasteiger partial charge in [-0.25, -0.2) is 4.99 Å². The van der Waals surface area contributed by atoms with E-state index in [2.05, 4.69) is 49.9 Å². The van der Waals surface area contributed by atoms with Gasteiger partial charge < -0.3 is 15.5 Å². The van der Waals surface area contributed by atoms with Gasteiger partial charge in [0.25, 0.3) is 0 Å². The van der Waals surface area contributed by atoms with Gasteiger partial charge in [0.1, 0.15) is 0 Å². The van der Waals surface area contributed by atoms with E-state index >= 15 is 0 Å². The summed E-state index contributed by atoms with van der Waals surface area (Å²) in [4.78, 5) is 19.8. The maximum Gasteiger partial charge on any atom is 0.222 e. The van der Waals surface area contributed by atoms with E-state index in [9.17, 15) is 4.79 Å². The Kier molecular flexibility index (Phi) is 11.7. The quantitative estimate of drug-likeness (QED) is 0.237. The van der Waals surface area contributed by atoms with Crippen LogP contribution in [0.5, 0.6) is 0 Å². The molecular weight excluding hydrogens is 515 g/mol. The second kappa shape index (κ2) is 12.9. The van der Waals surface area contributed by atoms with Crippen molar-refractivity contribution in [1.82, 2.24) is 15.5 Å². The first-order chi connectivity index (χ1) is 11.7. The maximum absolute atomic E-state index is 12.0. The molecule has 0 saturated carbocycles. The summed E-state index contributed by atoms with van der Waals surface area (Å²) in [6, 6.07) is 2.10. The number of carbonyl (C=O) groups excluding carboxylic acids is 1. The third-order valence-electron chi connectivity index (χ3n) is 3.93. The molecule has 25 heavy (non-hydrogen) atoms. The van der Waals surface area contributed by atoms with Gasteiger partial charge in [-0.15, -0.1) is 35.3 Å². The van der Waals surface area contributed by atoms with Gasteiger partial charge in [-0.05, 0) is 48.2 Å². The molecule has 1 aliphatic rings. The first-order valence-electron chi connectivity index (χ1n) is 8.72. The fourth-order valence-corrected chi connectivity index (χ4v) is 4.06. The molecule has 142 valence electrons. The molecule has 0 radical (unpaired) electrons. The van der Waals surface area contributed by atoms with Crippen molar-refractivity contribution in [1.29, 1.82) is 0 Å². The number of nitrogens with one attached hydrogen (secondary N) is 2. The zero-order chi connectivity index (χ0) is 17.2. The molecule has 1 aromatic heterocycles. The molecular formula is C17H28BrIN4OS. The number of halogens is 2. The summed E-state index contributed by atoms with van der Waals surface area (Å²) in [5, 5.41) is 8.70. The van der Waals surface area contributed by atoms with E-state index in [-0.39, 0.29) is 24.0 Å². The van der Waals surface area contributed by atoms with Crippen LogP contribution in [0.25, 0.3) is 0 Å². The number of thiophene rings is 1. The summed E-state index contributed by atoms with van der Waals surface area (Å²) in [5.41, 5.74) is 0. The minimum Gasteiger partial charge on any atom is -0.357 e. The van der Waals surface area contributed by atoms with Crippen LogP contribution in [0.2, 0.25) is 0 Å². The number of hydrogen-bond donors (Lipinski definition) is 2. The normalized spacial score (nSPS) is 15.5. The zero-order valence-corrected chi connectivity index (χ0v) is 19.5. The first-order valence-corrected chi connectivity index (χ1v) is 10.4. The summed E-state index contributed by atoms with van der Waals surface area (Å²) >= 11 is 5.17. The van der Waals surface area contributed by atoms with Gasteiger partial charge in [0, 0.05) is 47.3 Å². The van der Waals surface area contributed by atoms with Crippen LogP contribution in [-0.2, 0) is 11.3 Å². The Hall–Kier alpha value is -0.350. The van der Waals surface area contributed by atoms with Gasteiger partial charge in [-0.1, -0.05) is 6.42 Å². The molecule has 1 aromatic rings. The lowest BCUT2D eigenvalue weighted by Gasteiger charge is -2.20. The predicted molar refractivity (Wildman–Crippen MR) is 120 cm³/mol. The van der Waals surface area contributed by atoms with Crippen molar-refractivity contribution in [2.45, 2.75) is 45.6 Å². The number of guanidine groups is 1. The maximum atomic E-state index is 12.0. The highest BCUT2D eigenvalue weighted by atomic mass is 127. The summed E-state index contributed by atoms with van der Waals surface area (Å²) in [6.07, 6.45) is 5.02. The molecule has 1 fully saturated rings. The molecule has 0 aromatic carbocycles. The number of amides is 1. The standard InChI is InChI=1S/C17H27BrN4OS.HI/c1-2-19-17(21-12-15-11-14(18)13-24-15)20-8-6-10-22-9-5-3-4-7-16(22)23;/h11,13H,2-10,12H2,1H3,(H2,19,20,21);1H. The average Bonchev–Trinajstić information content (AvgIpc) is 2.87. The van der Waals surface area contributed by atoms with Gasteiger partial charge in [0.05, 0.1) is 6.54 Å². The Labute approximate surface area is 180 Å². The van der Waals surface area contributed by atoms with E-state index in [0.717, 1.165) is 55.9 Å². The SMILES string of the molecule is CCNC(=NCc1cc(Br)cs1)NCCCN1CCCCCC1=O.I. The van der Waals surface area contributed by atoms with E-state index in [1.165, 1.54) is 11.3 Å². The van der Waals surface area contributed by atoms with Crippen molar-refractivity contribution in [2.24, 2.45) is 4.99 Å². The van der Waals surface area contributed by atoms with Gasteiger partial charge in [-0.3, -0.25) is 4.79 Å². The van der Waals surface area contributed by atoms with Crippen molar-refractivity contribution in [3.05, 3.63) is 20.8 Å². The summed E-state index contributed by atoms with van der Waals surface area (Å²) in [7, 11) is 0. The van der Waals surface area contributed by atoms with Gasteiger partial charge in [0.15, 0.2) is 5.96 Å². The molecule has 0 unspecified atom stereocenters. The number of nitrogens with zero attached hydrogens (tertiary/aromatic N) is 2. The molecule has 1 aliphatic heterocycles. The van der Waals surface area contributed by atoms with Crippen molar-refractivity contribution < 1.29 is 4.79 Å². The lowest BCUT2D eigenvalue weighted by atomic mass is 10.2. The Morgan fingerprint density at radius 2 is 2.20 bits per heavy atom. The molecule has 2 N–H and O–H groups in total. The third-order valence-corrected chi connectivity index (χ3v) is 5.61. The largest absolute Gasteiger partial charge is 0.357 e. The van der Waals surface area contributed by atoms with E-state index in [1.807, 2.05) is 4.90 Å². The number of aliphatic imine (C=N–C) groups is 1. The second-order valence-corrected chi connectivity index (χ2v) is 7.81. The summed E-state index contributed by atoms with van der Waals surface area (Å²) < 4.78 is 1.11. The number of hydrogen-bond acceptors (Lipinski definition) is 3. The zero-order valence-electron chi connectivity index (χ0n) is 14.7. The lowest BCUT2D eigenvalue weighted by molar-refractivity contribution is -0.130. The fraction of sp³-hybridized carbons (Fsp3) is 0.647. The summed E-state index contributed by atoms with van der Waals surface area (Å²) in [6.45, 7) is 6.16. The fourth-order valence-electron chi connectivity index (χ4n) is 2.69.